The van der Waals surface area contributed by atoms with Gasteiger partial charge in [-0.2, -0.15) is 0 Å². The first-order valence-corrected chi connectivity index (χ1v) is 5.99. The Balaban J connectivity index is 2.34. The minimum Gasteiger partial charge on any atom is -0.392 e. The number of aliphatic hydroxyl groups is 1. The molecule has 3 amide bonds. The highest BCUT2D eigenvalue weighted by Crippen LogP contribution is 2.10. The molecule has 1 aromatic rings. The van der Waals surface area contributed by atoms with Crippen LogP contribution in [-0.2, 0) is 11.4 Å². The molecule has 0 unspecified atom stereocenters. The molecule has 104 valence electrons. The van der Waals surface area contributed by atoms with Crippen LogP contribution in [0.3, 0.4) is 0 Å². The van der Waals surface area contributed by atoms with Crippen LogP contribution in [0.2, 0.25) is 0 Å². The monoisotopic (exact) mass is 266 g/mol. The minimum absolute atomic E-state index is 0.0534. The molecular formula is C13H19N3O3. The third kappa shape index (κ3) is 6.42. The van der Waals surface area contributed by atoms with E-state index in [-0.39, 0.29) is 6.61 Å². The number of carbonyl (C=O) groups is 2. The van der Waals surface area contributed by atoms with Gasteiger partial charge < -0.3 is 21.5 Å². The van der Waals surface area contributed by atoms with E-state index in [2.05, 4.69) is 10.6 Å². The van der Waals surface area contributed by atoms with E-state index in [1.807, 2.05) is 0 Å². The zero-order chi connectivity index (χ0) is 15.0. The molecule has 0 radical (unpaired) electrons. The summed E-state index contributed by atoms with van der Waals surface area (Å²) in [4.78, 5) is 22.2. The van der Waals surface area contributed by atoms with Gasteiger partial charge in [0.25, 0.3) is 0 Å². The molecule has 1 rings (SSSR count). The van der Waals surface area contributed by atoms with Crippen LogP contribution in [0.15, 0.2) is 24.3 Å². The summed E-state index contributed by atoms with van der Waals surface area (Å²) >= 11 is 0. The Bertz CT molecular complexity index is 451. The number of nitrogens with two attached hydrogens (primary N) is 1. The first-order valence-electron chi connectivity index (χ1n) is 6.57. The Kier molecular flexibility index (Phi) is 5.69. The second kappa shape index (κ2) is 8.10. The maximum atomic E-state index is 11.7. The predicted octanol–water partition coefficient (Wildman–Crippen LogP) is 0.956. The number of hydrogen-bond acceptors (Lipinski definition) is 3. The molecule has 0 aliphatic heterocycles. The molecule has 19 heavy (non-hydrogen) atoms. The Morgan fingerprint density at radius 3 is 2.53 bits per heavy atom. The smallest absolute Gasteiger partial charge is 0.312 e. The van der Waals surface area contributed by atoms with Gasteiger partial charge in [0.05, 0.1) is 6.61 Å². The molecular weight excluding hydrogens is 246 g/mol. The summed E-state index contributed by atoms with van der Waals surface area (Å²) in [6, 6.07) is 6.13. The van der Waals surface area contributed by atoms with Crippen LogP contribution in [0.1, 0.15) is 26.2 Å². The number of urea groups is 1. The van der Waals surface area contributed by atoms with E-state index in [1.165, 1.54) is 0 Å². The Labute approximate surface area is 113 Å². The molecule has 0 aliphatic rings. The van der Waals surface area contributed by atoms with Crippen molar-refractivity contribution in [1.82, 2.24) is 5.32 Å². The average Bonchev–Trinajstić information content (AvgIpc) is 2.44. The number of aliphatic hydroxyl groups excluding tert-OH is 1. The fourth-order valence-electron chi connectivity index (χ4n) is 1.43. The maximum Gasteiger partial charge on any atom is 0.312 e. The zero-order valence-electron chi connectivity index (χ0n) is 11.6. The molecule has 1 aromatic carbocycles. The van der Waals surface area contributed by atoms with Gasteiger partial charge in [-0.3, -0.25) is 4.79 Å². The van der Waals surface area contributed by atoms with E-state index >= 15 is 0 Å². The molecule has 6 nitrogen and oxygen atoms in total. The largest absolute Gasteiger partial charge is 0.392 e. The lowest BCUT2D eigenvalue weighted by Crippen LogP contribution is -2.30. The van der Waals surface area contributed by atoms with E-state index in [4.69, 9.17) is 12.2 Å². The van der Waals surface area contributed by atoms with Crippen molar-refractivity contribution >= 4 is 17.6 Å². The SMILES string of the molecule is [2H][C@@H](CCCNC(N)=O)C(=O)Nc1ccc(CO)cc1. The van der Waals surface area contributed by atoms with Crippen LogP contribution in [0.5, 0.6) is 0 Å². The van der Waals surface area contributed by atoms with Gasteiger partial charge >= 0.3 is 6.03 Å². The van der Waals surface area contributed by atoms with Crippen LogP contribution in [0, 0.1) is 0 Å². The van der Waals surface area contributed by atoms with Crippen LogP contribution >= 0.6 is 0 Å². The quantitative estimate of drug-likeness (QED) is 0.552. The first-order chi connectivity index (χ1) is 9.52. The predicted molar refractivity (Wildman–Crippen MR) is 72.4 cm³/mol. The molecule has 0 aromatic heterocycles. The third-order valence-electron chi connectivity index (χ3n) is 2.41. The van der Waals surface area contributed by atoms with Crippen molar-refractivity contribution in [3.8, 4) is 0 Å². The van der Waals surface area contributed by atoms with Gasteiger partial charge in [0.1, 0.15) is 0 Å². The number of amides is 3. The summed E-state index contributed by atoms with van der Waals surface area (Å²) in [7, 11) is 0. The molecule has 0 aliphatic carbocycles. The molecule has 0 bridgehead atoms. The van der Waals surface area contributed by atoms with E-state index in [9.17, 15) is 9.59 Å². The standard InChI is InChI=1S/C13H19N3O3/c14-13(19)15-8-2-1-3-12(18)16-11-6-4-10(9-17)5-7-11/h4-7,17H,1-3,8-9H2,(H,16,18)(H3,14,15,19)/i3D/t3-/m0/s1. The topological polar surface area (TPSA) is 104 Å². The molecule has 0 saturated carbocycles. The normalized spacial score (nSPS) is 12.4. The van der Waals surface area contributed by atoms with Gasteiger partial charge in [0.15, 0.2) is 0 Å². The number of primary amides is 1. The summed E-state index contributed by atoms with van der Waals surface area (Å²) in [5.41, 5.74) is 6.24. The Morgan fingerprint density at radius 2 is 1.95 bits per heavy atom. The minimum atomic E-state index is -0.901. The van der Waals surface area contributed by atoms with Gasteiger partial charge in [-0.25, -0.2) is 4.79 Å². The van der Waals surface area contributed by atoms with E-state index in [0.29, 0.717) is 25.1 Å². The lowest BCUT2D eigenvalue weighted by atomic mass is 10.2. The first kappa shape index (κ1) is 13.4. The Hall–Kier alpha value is -2.08. The number of benzene rings is 1. The average molecular weight is 266 g/mol. The number of nitrogens with one attached hydrogen (secondary N) is 2. The van der Waals surface area contributed by atoms with Gasteiger partial charge in [-0.15, -0.1) is 0 Å². The lowest BCUT2D eigenvalue weighted by Gasteiger charge is -2.06. The summed E-state index contributed by atoms with van der Waals surface area (Å²) in [5.74, 6) is -0.402. The summed E-state index contributed by atoms with van der Waals surface area (Å²) in [6.45, 7) is 0.297. The van der Waals surface area contributed by atoms with Gasteiger partial charge in [0.2, 0.25) is 5.91 Å². The van der Waals surface area contributed by atoms with Crippen molar-refractivity contribution in [1.29, 1.82) is 0 Å². The second-order valence-electron chi connectivity index (χ2n) is 3.98. The molecule has 0 spiro atoms. The molecule has 1 atom stereocenters. The molecule has 0 fully saturated rings. The van der Waals surface area contributed by atoms with E-state index in [1.54, 1.807) is 24.3 Å². The van der Waals surface area contributed by atoms with Crippen molar-refractivity contribution in [3.63, 3.8) is 0 Å². The summed E-state index contributed by atoms with van der Waals surface area (Å²) in [6.07, 6.45) is -0.0587. The number of hydrogen-bond donors (Lipinski definition) is 4. The van der Waals surface area contributed by atoms with Crippen LogP contribution in [0.4, 0.5) is 10.5 Å². The van der Waals surface area contributed by atoms with Gasteiger partial charge in [0, 0.05) is 20.0 Å². The highest BCUT2D eigenvalue weighted by Gasteiger charge is 2.02. The highest BCUT2D eigenvalue weighted by atomic mass is 16.3. The van der Waals surface area contributed by atoms with Crippen molar-refractivity contribution in [2.24, 2.45) is 5.73 Å². The van der Waals surface area contributed by atoms with Gasteiger partial charge in [-0.05, 0) is 30.5 Å². The lowest BCUT2D eigenvalue weighted by molar-refractivity contribution is -0.116. The number of carbonyl (C=O) groups excluding carboxylic acids is 2. The molecule has 5 N–H and O–H groups in total. The molecule has 0 heterocycles. The zero-order valence-corrected chi connectivity index (χ0v) is 10.6. The molecule has 6 heteroatoms. The van der Waals surface area contributed by atoms with Crippen molar-refractivity contribution in [2.75, 3.05) is 11.9 Å². The fourth-order valence-corrected chi connectivity index (χ4v) is 1.43. The van der Waals surface area contributed by atoms with Crippen molar-refractivity contribution in [2.45, 2.75) is 25.8 Å². The van der Waals surface area contributed by atoms with E-state index in [0.717, 1.165) is 5.56 Å². The van der Waals surface area contributed by atoms with Crippen LogP contribution in [0.25, 0.3) is 0 Å². The number of rotatable bonds is 7. The fraction of sp³-hybridized carbons (Fsp3) is 0.385. The van der Waals surface area contributed by atoms with Gasteiger partial charge in [-0.1, -0.05) is 12.1 Å². The highest BCUT2D eigenvalue weighted by molar-refractivity contribution is 5.90. The van der Waals surface area contributed by atoms with Crippen LogP contribution < -0.4 is 16.4 Å². The second-order valence-corrected chi connectivity index (χ2v) is 3.98. The maximum absolute atomic E-state index is 11.7. The summed E-state index contributed by atoms with van der Waals surface area (Å²) in [5, 5.41) is 13.9. The van der Waals surface area contributed by atoms with Crippen molar-refractivity contribution in [3.05, 3.63) is 29.8 Å². The number of anilines is 1. The van der Waals surface area contributed by atoms with Crippen LogP contribution in [-0.4, -0.2) is 23.6 Å². The third-order valence-corrected chi connectivity index (χ3v) is 2.41. The summed E-state index contributed by atoms with van der Waals surface area (Å²) < 4.78 is 7.70. The van der Waals surface area contributed by atoms with Crippen molar-refractivity contribution < 1.29 is 16.1 Å². The molecule has 0 saturated heterocycles. The Morgan fingerprint density at radius 1 is 1.26 bits per heavy atom. The van der Waals surface area contributed by atoms with E-state index < -0.39 is 18.3 Å².